The van der Waals surface area contributed by atoms with Crippen molar-refractivity contribution in [3.05, 3.63) is 23.4 Å². The number of aliphatic hydroxyl groups is 1. The summed E-state index contributed by atoms with van der Waals surface area (Å²) in [5, 5.41) is 9.35. The molecule has 1 aromatic heterocycles. The van der Waals surface area contributed by atoms with E-state index >= 15 is 0 Å². The molecular formula is C15H26N2O. The van der Waals surface area contributed by atoms with Gasteiger partial charge in [-0.15, -0.1) is 0 Å². The third kappa shape index (κ3) is 3.70. The summed E-state index contributed by atoms with van der Waals surface area (Å²) in [4.78, 5) is 6.90. The number of nitrogens with zero attached hydrogens (tertiary/aromatic N) is 2. The topological polar surface area (TPSA) is 36.4 Å². The minimum absolute atomic E-state index is 0.0746. The highest BCUT2D eigenvalue weighted by Crippen LogP contribution is 2.21. The van der Waals surface area contributed by atoms with Gasteiger partial charge in [-0.3, -0.25) is 0 Å². The summed E-state index contributed by atoms with van der Waals surface area (Å²) in [5.41, 5.74) is 1.99. The molecule has 0 aliphatic rings. The summed E-state index contributed by atoms with van der Waals surface area (Å²) in [6, 6.07) is 4.45. The van der Waals surface area contributed by atoms with Crippen LogP contribution in [0.25, 0.3) is 0 Å². The Morgan fingerprint density at radius 3 is 2.44 bits per heavy atom. The smallest absolute Gasteiger partial charge is 0.129 e. The van der Waals surface area contributed by atoms with Crippen molar-refractivity contribution in [2.45, 2.75) is 59.1 Å². The molecule has 1 atom stereocenters. The van der Waals surface area contributed by atoms with Gasteiger partial charge in [-0.1, -0.05) is 27.2 Å². The van der Waals surface area contributed by atoms with Gasteiger partial charge in [-0.05, 0) is 37.0 Å². The SMILES string of the molecule is CCCC(C)N(C)c1cc(CO)cc(C(C)C)n1. The van der Waals surface area contributed by atoms with Gasteiger partial charge in [-0.25, -0.2) is 4.98 Å². The van der Waals surface area contributed by atoms with Crippen LogP contribution in [0.15, 0.2) is 12.1 Å². The van der Waals surface area contributed by atoms with Crippen LogP contribution in [-0.4, -0.2) is 23.2 Å². The maximum Gasteiger partial charge on any atom is 0.129 e. The van der Waals surface area contributed by atoms with Crippen molar-refractivity contribution in [2.75, 3.05) is 11.9 Å². The highest BCUT2D eigenvalue weighted by molar-refractivity contribution is 5.43. The highest BCUT2D eigenvalue weighted by atomic mass is 16.3. The zero-order valence-electron chi connectivity index (χ0n) is 12.3. The molecule has 0 fully saturated rings. The van der Waals surface area contributed by atoms with E-state index < -0.39 is 0 Å². The van der Waals surface area contributed by atoms with Crippen LogP contribution < -0.4 is 4.90 Å². The fraction of sp³-hybridized carbons (Fsp3) is 0.667. The van der Waals surface area contributed by atoms with Gasteiger partial charge < -0.3 is 10.0 Å². The molecule has 1 heterocycles. The van der Waals surface area contributed by atoms with Crippen molar-refractivity contribution in [3.8, 4) is 0 Å². The van der Waals surface area contributed by atoms with Crippen molar-refractivity contribution < 1.29 is 5.11 Å². The van der Waals surface area contributed by atoms with Crippen molar-refractivity contribution in [3.63, 3.8) is 0 Å². The average Bonchev–Trinajstić information content (AvgIpc) is 2.37. The Morgan fingerprint density at radius 1 is 1.28 bits per heavy atom. The molecule has 0 radical (unpaired) electrons. The molecule has 3 nitrogen and oxygen atoms in total. The summed E-state index contributed by atoms with van der Waals surface area (Å²) < 4.78 is 0. The van der Waals surface area contributed by atoms with E-state index in [9.17, 15) is 5.11 Å². The van der Waals surface area contributed by atoms with Gasteiger partial charge in [-0.2, -0.15) is 0 Å². The molecule has 1 unspecified atom stereocenters. The first kappa shape index (κ1) is 15.0. The molecule has 1 aromatic rings. The van der Waals surface area contributed by atoms with E-state index in [2.05, 4.69) is 39.6 Å². The predicted molar refractivity (Wildman–Crippen MR) is 77.0 cm³/mol. The minimum atomic E-state index is 0.0746. The summed E-state index contributed by atoms with van der Waals surface area (Å²) in [6.45, 7) is 8.74. The molecule has 0 amide bonds. The molecular weight excluding hydrogens is 224 g/mol. The van der Waals surface area contributed by atoms with Crippen LogP contribution in [0, 0.1) is 0 Å². The second-order valence-corrected chi connectivity index (χ2v) is 5.32. The van der Waals surface area contributed by atoms with Crippen LogP contribution in [0.2, 0.25) is 0 Å². The van der Waals surface area contributed by atoms with Crippen LogP contribution in [0.4, 0.5) is 5.82 Å². The second kappa shape index (κ2) is 6.74. The molecule has 18 heavy (non-hydrogen) atoms. The van der Waals surface area contributed by atoms with E-state index in [0.717, 1.165) is 23.5 Å². The minimum Gasteiger partial charge on any atom is -0.392 e. The Morgan fingerprint density at radius 2 is 1.94 bits per heavy atom. The van der Waals surface area contributed by atoms with Crippen molar-refractivity contribution in [2.24, 2.45) is 0 Å². The number of rotatable bonds is 6. The Labute approximate surface area is 111 Å². The first-order chi connectivity index (χ1) is 8.49. The van der Waals surface area contributed by atoms with E-state index in [1.807, 2.05) is 12.1 Å². The maximum absolute atomic E-state index is 9.35. The fourth-order valence-electron chi connectivity index (χ4n) is 2.00. The van der Waals surface area contributed by atoms with E-state index in [1.54, 1.807) is 0 Å². The first-order valence-electron chi connectivity index (χ1n) is 6.84. The zero-order chi connectivity index (χ0) is 13.7. The number of hydrogen-bond donors (Lipinski definition) is 1. The van der Waals surface area contributed by atoms with Gasteiger partial charge in [0.15, 0.2) is 0 Å². The summed E-state index contributed by atoms with van der Waals surface area (Å²) in [5.74, 6) is 1.34. The lowest BCUT2D eigenvalue weighted by Gasteiger charge is -2.27. The Kier molecular flexibility index (Phi) is 5.60. The molecule has 0 saturated carbocycles. The summed E-state index contributed by atoms with van der Waals surface area (Å²) in [7, 11) is 2.08. The lowest BCUT2D eigenvalue weighted by atomic mass is 10.1. The van der Waals surface area contributed by atoms with E-state index in [4.69, 9.17) is 4.98 Å². The number of anilines is 1. The summed E-state index contributed by atoms with van der Waals surface area (Å²) in [6.07, 6.45) is 2.32. The highest BCUT2D eigenvalue weighted by Gasteiger charge is 2.13. The van der Waals surface area contributed by atoms with Crippen molar-refractivity contribution in [1.82, 2.24) is 4.98 Å². The number of aliphatic hydroxyl groups excluding tert-OH is 1. The van der Waals surface area contributed by atoms with Crippen LogP contribution >= 0.6 is 0 Å². The third-order valence-corrected chi connectivity index (χ3v) is 3.39. The van der Waals surface area contributed by atoms with Gasteiger partial charge in [0.25, 0.3) is 0 Å². The molecule has 1 rings (SSSR count). The second-order valence-electron chi connectivity index (χ2n) is 5.32. The van der Waals surface area contributed by atoms with Crippen molar-refractivity contribution in [1.29, 1.82) is 0 Å². The number of pyridine rings is 1. The van der Waals surface area contributed by atoms with E-state index in [1.165, 1.54) is 6.42 Å². The van der Waals surface area contributed by atoms with Gasteiger partial charge in [0.1, 0.15) is 5.82 Å². The molecule has 0 aromatic carbocycles. The van der Waals surface area contributed by atoms with E-state index in [-0.39, 0.29) is 6.61 Å². The maximum atomic E-state index is 9.35. The van der Waals surface area contributed by atoms with Gasteiger partial charge >= 0.3 is 0 Å². The lowest BCUT2D eigenvalue weighted by Crippen LogP contribution is -2.29. The largest absolute Gasteiger partial charge is 0.392 e. The van der Waals surface area contributed by atoms with Gasteiger partial charge in [0, 0.05) is 18.8 Å². The van der Waals surface area contributed by atoms with E-state index in [0.29, 0.717) is 12.0 Å². The lowest BCUT2D eigenvalue weighted by molar-refractivity contribution is 0.281. The average molecular weight is 250 g/mol. The monoisotopic (exact) mass is 250 g/mol. The van der Waals surface area contributed by atoms with Gasteiger partial charge in [0.05, 0.1) is 6.61 Å². The van der Waals surface area contributed by atoms with Crippen LogP contribution in [0.1, 0.15) is 57.7 Å². The molecule has 0 aliphatic carbocycles. The van der Waals surface area contributed by atoms with Crippen molar-refractivity contribution >= 4 is 5.82 Å². The molecule has 102 valence electrons. The van der Waals surface area contributed by atoms with Crippen LogP contribution in [0.5, 0.6) is 0 Å². The Balaban J connectivity index is 3.03. The van der Waals surface area contributed by atoms with Gasteiger partial charge in [0.2, 0.25) is 0 Å². The quantitative estimate of drug-likeness (QED) is 0.841. The Bertz CT molecular complexity index is 377. The summed E-state index contributed by atoms with van der Waals surface area (Å²) >= 11 is 0. The molecule has 3 heteroatoms. The first-order valence-corrected chi connectivity index (χ1v) is 6.84. The number of hydrogen-bond acceptors (Lipinski definition) is 3. The zero-order valence-corrected chi connectivity index (χ0v) is 12.3. The fourth-order valence-corrected chi connectivity index (χ4v) is 2.00. The molecule has 0 aliphatic heterocycles. The Hall–Kier alpha value is -1.09. The predicted octanol–water partition coefficient (Wildman–Crippen LogP) is 3.32. The molecule has 0 bridgehead atoms. The molecule has 0 saturated heterocycles. The number of aromatic nitrogens is 1. The van der Waals surface area contributed by atoms with Crippen LogP contribution in [0.3, 0.4) is 0 Å². The normalized spacial score (nSPS) is 12.8. The third-order valence-electron chi connectivity index (χ3n) is 3.39. The standard InChI is InChI=1S/C15H26N2O/c1-6-7-12(4)17(5)15-9-13(10-18)8-14(16-15)11(2)3/h8-9,11-12,18H,6-7,10H2,1-5H3. The molecule has 0 spiro atoms. The molecule has 1 N–H and O–H groups in total. The van der Waals surface area contributed by atoms with Crippen LogP contribution in [-0.2, 0) is 6.61 Å².